The van der Waals surface area contributed by atoms with E-state index in [0.717, 1.165) is 25.0 Å². The van der Waals surface area contributed by atoms with E-state index >= 15 is 0 Å². The van der Waals surface area contributed by atoms with Crippen LogP contribution in [0.25, 0.3) is 11.4 Å². The van der Waals surface area contributed by atoms with Crippen LogP contribution in [-0.2, 0) is 6.54 Å². The van der Waals surface area contributed by atoms with Crippen molar-refractivity contribution < 1.29 is 8.78 Å². The van der Waals surface area contributed by atoms with Gasteiger partial charge in [-0.1, -0.05) is 0 Å². The smallest absolute Gasteiger partial charge is 0.184 e. The van der Waals surface area contributed by atoms with Gasteiger partial charge in [0.15, 0.2) is 17.5 Å². The number of nitrogens with zero attached hydrogens (tertiary/aromatic N) is 4. The summed E-state index contributed by atoms with van der Waals surface area (Å²) in [6.07, 6.45) is 2.29. The van der Waals surface area contributed by atoms with E-state index in [1.54, 1.807) is 4.68 Å². The first-order valence-electron chi connectivity index (χ1n) is 5.66. The number of hydrogen-bond donors (Lipinski definition) is 1. The van der Waals surface area contributed by atoms with E-state index in [1.165, 1.54) is 0 Å². The minimum absolute atomic E-state index is 0.126. The minimum Gasteiger partial charge on any atom is -0.398 e. The summed E-state index contributed by atoms with van der Waals surface area (Å²) in [5, 5.41) is 11.2. The van der Waals surface area contributed by atoms with Gasteiger partial charge < -0.3 is 5.73 Å². The molecule has 0 aliphatic heterocycles. The zero-order valence-corrected chi connectivity index (χ0v) is 9.48. The highest BCUT2D eigenvalue weighted by Crippen LogP contribution is 2.32. The number of anilines is 1. The molecule has 3 rings (SSSR count). The van der Waals surface area contributed by atoms with Crippen LogP contribution < -0.4 is 5.73 Å². The average molecular weight is 251 g/mol. The van der Waals surface area contributed by atoms with E-state index in [1.807, 2.05) is 0 Å². The van der Waals surface area contributed by atoms with Crippen LogP contribution in [0.15, 0.2) is 12.1 Å². The summed E-state index contributed by atoms with van der Waals surface area (Å²) in [5.41, 5.74) is 6.13. The molecule has 18 heavy (non-hydrogen) atoms. The lowest BCUT2D eigenvalue weighted by atomic mass is 10.1. The number of rotatable bonds is 3. The van der Waals surface area contributed by atoms with Crippen LogP contribution in [-0.4, -0.2) is 20.2 Å². The van der Waals surface area contributed by atoms with Gasteiger partial charge in [0.1, 0.15) is 0 Å². The number of tetrazole rings is 1. The molecule has 0 amide bonds. The number of benzene rings is 1. The fourth-order valence-corrected chi connectivity index (χ4v) is 1.82. The molecule has 2 N–H and O–H groups in total. The molecule has 94 valence electrons. The normalized spacial score (nSPS) is 15.0. The van der Waals surface area contributed by atoms with Crippen molar-refractivity contribution in [3.63, 3.8) is 0 Å². The first-order chi connectivity index (χ1) is 8.65. The maximum Gasteiger partial charge on any atom is 0.184 e. The van der Waals surface area contributed by atoms with Gasteiger partial charge in [-0.2, -0.15) is 0 Å². The molecule has 5 nitrogen and oxygen atoms in total. The Balaban J connectivity index is 2.03. The highest BCUT2D eigenvalue weighted by molar-refractivity contribution is 5.71. The SMILES string of the molecule is Nc1cc(F)c(F)cc1-c1nnnn1CC1CC1. The van der Waals surface area contributed by atoms with Crippen molar-refractivity contribution in [1.82, 2.24) is 20.2 Å². The van der Waals surface area contributed by atoms with Crippen LogP contribution in [0.4, 0.5) is 14.5 Å². The molecular weight excluding hydrogens is 240 g/mol. The van der Waals surface area contributed by atoms with Crippen molar-refractivity contribution in [2.75, 3.05) is 5.73 Å². The fourth-order valence-electron chi connectivity index (χ4n) is 1.82. The summed E-state index contributed by atoms with van der Waals surface area (Å²) in [6, 6.07) is 1.97. The highest BCUT2D eigenvalue weighted by atomic mass is 19.2. The van der Waals surface area contributed by atoms with Crippen molar-refractivity contribution in [1.29, 1.82) is 0 Å². The summed E-state index contributed by atoms with van der Waals surface area (Å²) in [7, 11) is 0. The second-order valence-electron chi connectivity index (χ2n) is 4.48. The predicted molar refractivity (Wildman–Crippen MR) is 60.3 cm³/mol. The molecule has 0 radical (unpaired) electrons. The third kappa shape index (κ3) is 1.92. The van der Waals surface area contributed by atoms with Gasteiger partial charge in [0, 0.05) is 23.9 Å². The Hall–Kier alpha value is -2.05. The maximum atomic E-state index is 13.2. The topological polar surface area (TPSA) is 69.6 Å². The molecule has 1 fully saturated rings. The number of nitrogen functional groups attached to an aromatic ring is 1. The third-order valence-electron chi connectivity index (χ3n) is 2.99. The first-order valence-corrected chi connectivity index (χ1v) is 5.66. The molecule has 1 aromatic heterocycles. The summed E-state index contributed by atoms with van der Waals surface area (Å²) in [5.74, 6) is -0.991. The van der Waals surface area contributed by atoms with Gasteiger partial charge in [0.05, 0.1) is 0 Å². The Kier molecular flexibility index (Phi) is 2.46. The lowest BCUT2D eigenvalue weighted by Crippen LogP contribution is -2.06. The Morgan fingerprint density at radius 2 is 2.00 bits per heavy atom. The maximum absolute atomic E-state index is 13.2. The molecule has 1 aromatic carbocycles. The molecule has 1 heterocycles. The van der Waals surface area contributed by atoms with Crippen molar-refractivity contribution in [3.05, 3.63) is 23.8 Å². The van der Waals surface area contributed by atoms with E-state index in [4.69, 9.17) is 5.73 Å². The van der Waals surface area contributed by atoms with Crippen molar-refractivity contribution >= 4 is 5.69 Å². The Morgan fingerprint density at radius 3 is 2.72 bits per heavy atom. The van der Waals surface area contributed by atoms with Crippen LogP contribution in [0, 0.1) is 17.6 Å². The van der Waals surface area contributed by atoms with Crippen LogP contribution in [0.2, 0.25) is 0 Å². The first kappa shape index (κ1) is 11.1. The van der Waals surface area contributed by atoms with E-state index in [0.29, 0.717) is 23.9 Å². The van der Waals surface area contributed by atoms with Crippen LogP contribution >= 0.6 is 0 Å². The lowest BCUT2D eigenvalue weighted by Gasteiger charge is -2.07. The molecule has 1 aliphatic carbocycles. The van der Waals surface area contributed by atoms with Gasteiger partial charge in [-0.25, -0.2) is 13.5 Å². The van der Waals surface area contributed by atoms with Gasteiger partial charge in [-0.15, -0.1) is 5.10 Å². The second-order valence-corrected chi connectivity index (χ2v) is 4.48. The highest BCUT2D eigenvalue weighted by Gasteiger charge is 2.25. The van der Waals surface area contributed by atoms with Crippen molar-refractivity contribution in [2.45, 2.75) is 19.4 Å². The third-order valence-corrected chi connectivity index (χ3v) is 2.99. The molecule has 0 bridgehead atoms. The van der Waals surface area contributed by atoms with Crippen LogP contribution in [0.1, 0.15) is 12.8 Å². The summed E-state index contributed by atoms with van der Waals surface area (Å²) < 4.78 is 27.8. The summed E-state index contributed by atoms with van der Waals surface area (Å²) in [6.45, 7) is 0.681. The van der Waals surface area contributed by atoms with Gasteiger partial charge >= 0.3 is 0 Å². The molecule has 0 atom stereocenters. The van der Waals surface area contributed by atoms with E-state index in [-0.39, 0.29) is 5.69 Å². The fraction of sp³-hybridized carbons (Fsp3) is 0.364. The molecule has 0 unspecified atom stereocenters. The Labute approximate surface area is 102 Å². The van der Waals surface area contributed by atoms with Crippen LogP contribution in [0.5, 0.6) is 0 Å². The molecule has 0 saturated heterocycles. The van der Waals surface area contributed by atoms with Crippen molar-refractivity contribution in [3.8, 4) is 11.4 Å². The second kappa shape index (κ2) is 4.01. The molecule has 7 heteroatoms. The summed E-state index contributed by atoms with van der Waals surface area (Å²) >= 11 is 0. The van der Waals surface area contributed by atoms with Gasteiger partial charge in [0.2, 0.25) is 0 Å². The van der Waals surface area contributed by atoms with E-state index in [2.05, 4.69) is 15.5 Å². The molecule has 0 spiro atoms. The number of nitrogens with two attached hydrogens (primary N) is 1. The summed E-state index contributed by atoms with van der Waals surface area (Å²) in [4.78, 5) is 0. The zero-order chi connectivity index (χ0) is 12.7. The zero-order valence-electron chi connectivity index (χ0n) is 9.48. The minimum atomic E-state index is -0.975. The van der Waals surface area contributed by atoms with E-state index in [9.17, 15) is 8.78 Å². The average Bonchev–Trinajstić information content (AvgIpc) is 3.02. The Bertz CT molecular complexity index is 591. The monoisotopic (exact) mass is 251 g/mol. The number of aromatic nitrogens is 4. The lowest BCUT2D eigenvalue weighted by molar-refractivity contribution is 0.509. The predicted octanol–water partition coefficient (Wildman–Crippen LogP) is 1.61. The largest absolute Gasteiger partial charge is 0.398 e. The number of hydrogen-bond acceptors (Lipinski definition) is 4. The number of halogens is 2. The van der Waals surface area contributed by atoms with Gasteiger partial charge in [-0.3, -0.25) is 0 Å². The van der Waals surface area contributed by atoms with Gasteiger partial charge in [-0.05, 0) is 35.3 Å². The molecule has 2 aromatic rings. The van der Waals surface area contributed by atoms with Crippen LogP contribution in [0.3, 0.4) is 0 Å². The van der Waals surface area contributed by atoms with E-state index < -0.39 is 11.6 Å². The molecular formula is C11H11F2N5. The Morgan fingerprint density at radius 1 is 1.28 bits per heavy atom. The quantitative estimate of drug-likeness (QED) is 0.841. The molecule has 1 saturated carbocycles. The van der Waals surface area contributed by atoms with Crippen molar-refractivity contribution in [2.24, 2.45) is 5.92 Å². The van der Waals surface area contributed by atoms with Gasteiger partial charge in [0.25, 0.3) is 0 Å². The molecule has 1 aliphatic rings. The standard InChI is InChI=1S/C11H11F2N5/c12-8-3-7(10(14)4-9(8)13)11-15-16-17-18(11)5-6-1-2-6/h3-4,6H,1-2,5,14H2.